The molecule has 3 N–H and O–H groups in total. The number of nitrogens with one attached hydrogen (secondary N) is 1. The van der Waals surface area contributed by atoms with Crippen molar-refractivity contribution in [3.8, 4) is 0 Å². The number of nitrogens with zero attached hydrogens (tertiary/aromatic N) is 2. The van der Waals surface area contributed by atoms with Crippen LogP contribution >= 0.6 is 0 Å². The van der Waals surface area contributed by atoms with E-state index in [1.54, 1.807) is 42.6 Å². The van der Waals surface area contributed by atoms with Crippen molar-refractivity contribution >= 4 is 17.8 Å². The second-order valence-electron chi connectivity index (χ2n) is 3.54. The molecule has 5 nitrogen and oxygen atoms in total. The number of benzene rings is 1. The molecule has 0 saturated carbocycles. The van der Waals surface area contributed by atoms with Gasteiger partial charge in [0, 0.05) is 11.9 Å². The SMILES string of the molecule is Nc1ccccc1C(=O)N/N=C\c1ccccn1. The Kier molecular flexibility index (Phi) is 3.66. The summed E-state index contributed by atoms with van der Waals surface area (Å²) in [6.45, 7) is 0. The summed E-state index contributed by atoms with van der Waals surface area (Å²) in [5, 5.41) is 3.82. The van der Waals surface area contributed by atoms with Crippen LogP contribution in [0.5, 0.6) is 0 Å². The number of pyridine rings is 1. The number of aromatic nitrogens is 1. The molecule has 18 heavy (non-hydrogen) atoms. The Morgan fingerprint density at radius 1 is 1.22 bits per heavy atom. The van der Waals surface area contributed by atoms with Crippen LogP contribution in [0.3, 0.4) is 0 Å². The average molecular weight is 240 g/mol. The van der Waals surface area contributed by atoms with Crippen LogP contribution in [0, 0.1) is 0 Å². The van der Waals surface area contributed by atoms with Gasteiger partial charge in [0.05, 0.1) is 17.5 Å². The number of nitrogens with two attached hydrogens (primary N) is 1. The van der Waals surface area contributed by atoms with Gasteiger partial charge in [-0.2, -0.15) is 5.10 Å². The number of rotatable bonds is 3. The van der Waals surface area contributed by atoms with Crippen molar-refractivity contribution in [2.45, 2.75) is 0 Å². The quantitative estimate of drug-likeness (QED) is 0.484. The van der Waals surface area contributed by atoms with E-state index in [0.717, 1.165) is 0 Å². The van der Waals surface area contributed by atoms with Crippen LogP contribution in [0.4, 0.5) is 5.69 Å². The molecule has 0 aliphatic heterocycles. The van der Waals surface area contributed by atoms with E-state index in [4.69, 9.17) is 5.73 Å². The first-order chi connectivity index (χ1) is 8.77. The Hall–Kier alpha value is -2.69. The number of hydrogen-bond donors (Lipinski definition) is 2. The summed E-state index contributed by atoms with van der Waals surface area (Å²) >= 11 is 0. The molecule has 0 unspecified atom stereocenters. The molecule has 1 aromatic heterocycles. The van der Waals surface area contributed by atoms with Crippen LogP contribution in [-0.2, 0) is 0 Å². The molecule has 0 fully saturated rings. The lowest BCUT2D eigenvalue weighted by Gasteiger charge is -2.02. The summed E-state index contributed by atoms with van der Waals surface area (Å²) in [6.07, 6.45) is 3.12. The summed E-state index contributed by atoms with van der Waals surface area (Å²) in [5.41, 5.74) is 9.56. The first-order valence-corrected chi connectivity index (χ1v) is 5.36. The lowest BCUT2D eigenvalue weighted by atomic mass is 10.2. The first-order valence-electron chi connectivity index (χ1n) is 5.36. The van der Waals surface area contributed by atoms with Gasteiger partial charge >= 0.3 is 0 Å². The van der Waals surface area contributed by atoms with E-state index < -0.39 is 0 Å². The first kappa shape index (κ1) is 11.8. The molecule has 0 bridgehead atoms. The van der Waals surface area contributed by atoms with Gasteiger partial charge in [0.2, 0.25) is 0 Å². The fourth-order valence-corrected chi connectivity index (χ4v) is 1.37. The Labute approximate surface area is 104 Å². The van der Waals surface area contributed by atoms with Crippen LogP contribution in [-0.4, -0.2) is 17.1 Å². The minimum absolute atomic E-state index is 0.347. The second-order valence-corrected chi connectivity index (χ2v) is 3.54. The number of carbonyl (C=O) groups is 1. The van der Waals surface area contributed by atoms with Gasteiger partial charge in [0.15, 0.2) is 0 Å². The summed E-state index contributed by atoms with van der Waals surface area (Å²) in [5.74, 6) is -0.347. The maximum absolute atomic E-state index is 11.7. The van der Waals surface area contributed by atoms with Crippen LogP contribution < -0.4 is 11.2 Å². The molecule has 90 valence electrons. The summed E-state index contributed by atoms with van der Waals surface area (Å²) in [6, 6.07) is 12.2. The van der Waals surface area contributed by atoms with E-state index in [-0.39, 0.29) is 5.91 Å². The Morgan fingerprint density at radius 3 is 2.72 bits per heavy atom. The predicted octanol–water partition coefficient (Wildman–Crippen LogP) is 1.43. The molecule has 2 aromatic rings. The summed E-state index contributed by atoms with van der Waals surface area (Å²) in [4.78, 5) is 15.8. The number of para-hydroxylation sites is 1. The fraction of sp³-hybridized carbons (Fsp3) is 0. The standard InChI is InChI=1S/C13H12N4O/c14-12-7-2-1-6-11(12)13(18)17-16-9-10-5-3-4-8-15-10/h1-9H,14H2,(H,17,18)/b16-9-. The molecule has 0 atom stereocenters. The molecule has 1 amide bonds. The molecule has 0 aliphatic rings. The van der Waals surface area contributed by atoms with Gasteiger partial charge < -0.3 is 5.73 Å². The number of anilines is 1. The van der Waals surface area contributed by atoms with E-state index in [2.05, 4.69) is 15.5 Å². The molecule has 1 heterocycles. The van der Waals surface area contributed by atoms with Gasteiger partial charge in [-0.15, -0.1) is 0 Å². The fourth-order valence-electron chi connectivity index (χ4n) is 1.37. The maximum Gasteiger partial charge on any atom is 0.273 e. The molecular weight excluding hydrogens is 228 g/mol. The highest BCUT2D eigenvalue weighted by molar-refractivity contribution is 5.99. The van der Waals surface area contributed by atoms with E-state index in [0.29, 0.717) is 16.9 Å². The highest BCUT2D eigenvalue weighted by Gasteiger charge is 2.06. The van der Waals surface area contributed by atoms with Crippen molar-refractivity contribution in [1.82, 2.24) is 10.4 Å². The van der Waals surface area contributed by atoms with Crippen molar-refractivity contribution in [3.63, 3.8) is 0 Å². The lowest BCUT2D eigenvalue weighted by Crippen LogP contribution is -2.19. The normalized spacial score (nSPS) is 10.4. The van der Waals surface area contributed by atoms with Gasteiger partial charge in [-0.1, -0.05) is 18.2 Å². The topological polar surface area (TPSA) is 80.4 Å². The average Bonchev–Trinajstić information content (AvgIpc) is 2.40. The third-order valence-corrected chi connectivity index (χ3v) is 2.26. The highest BCUT2D eigenvalue weighted by atomic mass is 16.2. The van der Waals surface area contributed by atoms with Gasteiger partial charge in [-0.25, -0.2) is 5.43 Å². The van der Waals surface area contributed by atoms with Gasteiger partial charge in [-0.05, 0) is 24.3 Å². The number of hydrazone groups is 1. The van der Waals surface area contributed by atoms with Gasteiger partial charge in [-0.3, -0.25) is 9.78 Å². The van der Waals surface area contributed by atoms with Crippen molar-refractivity contribution in [1.29, 1.82) is 0 Å². The smallest absolute Gasteiger partial charge is 0.273 e. The molecular formula is C13H12N4O. The minimum atomic E-state index is -0.347. The highest BCUT2D eigenvalue weighted by Crippen LogP contribution is 2.09. The van der Waals surface area contributed by atoms with E-state index in [1.807, 2.05) is 6.07 Å². The largest absolute Gasteiger partial charge is 0.398 e. The predicted molar refractivity (Wildman–Crippen MR) is 70.2 cm³/mol. The molecule has 0 saturated heterocycles. The molecule has 2 rings (SSSR count). The van der Waals surface area contributed by atoms with Crippen LogP contribution in [0.15, 0.2) is 53.8 Å². The van der Waals surface area contributed by atoms with Crippen molar-refractivity contribution < 1.29 is 4.79 Å². The van der Waals surface area contributed by atoms with Crippen molar-refractivity contribution in [3.05, 3.63) is 59.9 Å². The monoisotopic (exact) mass is 240 g/mol. The van der Waals surface area contributed by atoms with Crippen LogP contribution in [0.25, 0.3) is 0 Å². The van der Waals surface area contributed by atoms with E-state index >= 15 is 0 Å². The third-order valence-electron chi connectivity index (χ3n) is 2.26. The van der Waals surface area contributed by atoms with Crippen molar-refractivity contribution in [2.75, 3.05) is 5.73 Å². The number of hydrogen-bond acceptors (Lipinski definition) is 4. The van der Waals surface area contributed by atoms with E-state index in [1.165, 1.54) is 6.21 Å². The molecule has 0 radical (unpaired) electrons. The van der Waals surface area contributed by atoms with Gasteiger partial charge in [0.25, 0.3) is 5.91 Å². The summed E-state index contributed by atoms with van der Waals surface area (Å²) in [7, 11) is 0. The minimum Gasteiger partial charge on any atom is -0.398 e. The van der Waals surface area contributed by atoms with E-state index in [9.17, 15) is 4.79 Å². The Balaban J connectivity index is 2.01. The zero-order valence-corrected chi connectivity index (χ0v) is 9.58. The Bertz CT molecular complexity index is 566. The third kappa shape index (κ3) is 2.91. The van der Waals surface area contributed by atoms with Crippen molar-refractivity contribution in [2.24, 2.45) is 5.10 Å². The Morgan fingerprint density at radius 2 is 2.00 bits per heavy atom. The number of nitrogen functional groups attached to an aromatic ring is 1. The zero-order valence-electron chi connectivity index (χ0n) is 9.58. The molecule has 5 heteroatoms. The van der Waals surface area contributed by atoms with Crippen LogP contribution in [0.2, 0.25) is 0 Å². The molecule has 1 aromatic carbocycles. The zero-order chi connectivity index (χ0) is 12.8. The lowest BCUT2D eigenvalue weighted by molar-refractivity contribution is 0.0956. The van der Waals surface area contributed by atoms with Crippen LogP contribution in [0.1, 0.15) is 16.1 Å². The molecule has 0 spiro atoms. The summed E-state index contributed by atoms with van der Waals surface area (Å²) < 4.78 is 0. The number of amides is 1. The molecule has 0 aliphatic carbocycles. The second kappa shape index (κ2) is 5.58. The van der Waals surface area contributed by atoms with Gasteiger partial charge in [0.1, 0.15) is 0 Å². The maximum atomic E-state index is 11.7. The number of carbonyl (C=O) groups excluding carboxylic acids is 1.